The molecule has 9 heteroatoms. The predicted octanol–water partition coefficient (Wildman–Crippen LogP) is 2.87. The van der Waals surface area contributed by atoms with E-state index in [1.165, 1.54) is 43.0 Å². The van der Waals surface area contributed by atoms with Crippen molar-refractivity contribution in [2.45, 2.75) is 12.5 Å². The van der Waals surface area contributed by atoms with Crippen LogP contribution >= 0.6 is 0 Å². The molecule has 0 saturated heterocycles. The number of hydrogen-bond acceptors (Lipinski definition) is 6. The van der Waals surface area contributed by atoms with Gasteiger partial charge in [-0.1, -0.05) is 12.1 Å². The molecule has 23 heavy (non-hydrogen) atoms. The zero-order chi connectivity index (χ0) is 16.3. The van der Waals surface area contributed by atoms with Crippen LogP contribution in [0.25, 0.3) is 0 Å². The van der Waals surface area contributed by atoms with E-state index in [1.807, 2.05) is 0 Å². The molecular weight excluding hydrogens is 315 g/mol. The lowest BCUT2D eigenvalue weighted by atomic mass is 10.1. The zero-order valence-electron chi connectivity index (χ0n) is 11.4. The number of hydrogen-bond donors (Lipinski definition) is 1. The molecule has 0 fully saturated rings. The highest BCUT2D eigenvalue weighted by Gasteiger charge is 2.31. The third-order valence-electron chi connectivity index (χ3n) is 2.80. The number of ether oxygens (including phenoxy) is 2. The average molecular weight is 325 g/mol. The van der Waals surface area contributed by atoms with Gasteiger partial charge < -0.3 is 9.47 Å². The first-order valence-electron chi connectivity index (χ1n) is 6.42. The van der Waals surface area contributed by atoms with Gasteiger partial charge >= 0.3 is 6.36 Å². The minimum atomic E-state index is -4.72. The van der Waals surface area contributed by atoms with E-state index < -0.39 is 12.5 Å². The zero-order valence-corrected chi connectivity index (χ0v) is 11.4. The van der Waals surface area contributed by atoms with Gasteiger partial charge in [-0.05, 0) is 17.7 Å². The second-order valence-electron chi connectivity index (χ2n) is 4.46. The first-order valence-corrected chi connectivity index (χ1v) is 6.42. The molecule has 1 atom stereocenters. The highest BCUT2D eigenvalue weighted by Crippen LogP contribution is 2.28. The Morgan fingerprint density at radius 2 is 1.74 bits per heavy atom. The topological polar surface area (TPSA) is 65.5 Å². The number of alkyl halides is 3. The van der Waals surface area contributed by atoms with E-state index in [2.05, 4.69) is 20.2 Å². The van der Waals surface area contributed by atoms with Crippen LogP contribution < -0.4 is 15.0 Å². The Bertz CT molecular complexity index is 690. The first kappa shape index (κ1) is 15.1. The van der Waals surface area contributed by atoms with Crippen molar-refractivity contribution in [3.8, 4) is 11.5 Å². The van der Waals surface area contributed by atoms with Crippen LogP contribution in [0.3, 0.4) is 0 Å². The molecule has 0 saturated carbocycles. The lowest BCUT2D eigenvalue weighted by molar-refractivity contribution is -0.274. The molecule has 0 bridgehead atoms. The smallest absolute Gasteiger partial charge is 0.436 e. The average Bonchev–Trinajstić information content (AvgIpc) is 2.96. The summed E-state index contributed by atoms with van der Waals surface area (Å²) in [7, 11) is 0. The SMILES string of the molecule is FC(F)(F)Oc1ccc([C@H]2C=C(Oc3cncnc3)NO2)cc1. The molecule has 1 aromatic heterocycles. The number of hydroxylamine groups is 1. The normalized spacial score (nSPS) is 17.3. The largest absolute Gasteiger partial charge is 0.573 e. The highest BCUT2D eigenvalue weighted by atomic mass is 19.4. The van der Waals surface area contributed by atoms with E-state index in [4.69, 9.17) is 9.57 Å². The Labute approximate surface area is 128 Å². The number of aromatic nitrogens is 2. The van der Waals surface area contributed by atoms with Crippen LogP contribution in [0.4, 0.5) is 13.2 Å². The summed E-state index contributed by atoms with van der Waals surface area (Å²) in [6.07, 6.45) is 0.735. The summed E-state index contributed by atoms with van der Waals surface area (Å²) in [5.74, 6) is 0.457. The molecule has 3 rings (SSSR count). The van der Waals surface area contributed by atoms with Crippen molar-refractivity contribution >= 4 is 0 Å². The Morgan fingerprint density at radius 1 is 1.04 bits per heavy atom. The van der Waals surface area contributed by atoms with Crippen LogP contribution in [0, 0.1) is 0 Å². The summed E-state index contributed by atoms with van der Waals surface area (Å²) in [6.45, 7) is 0. The van der Waals surface area contributed by atoms with Crippen molar-refractivity contribution in [1.82, 2.24) is 15.4 Å². The van der Waals surface area contributed by atoms with E-state index in [-0.39, 0.29) is 5.75 Å². The summed E-state index contributed by atoms with van der Waals surface area (Å²) in [4.78, 5) is 12.9. The molecule has 0 amide bonds. The summed E-state index contributed by atoms with van der Waals surface area (Å²) in [5, 5.41) is 0. The molecule has 1 aliphatic heterocycles. The van der Waals surface area contributed by atoms with E-state index in [0.717, 1.165) is 0 Å². The first-order chi connectivity index (χ1) is 11.0. The second-order valence-corrected chi connectivity index (χ2v) is 4.46. The summed E-state index contributed by atoms with van der Waals surface area (Å²) >= 11 is 0. The fourth-order valence-corrected chi connectivity index (χ4v) is 1.87. The van der Waals surface area contributed by atoms with Gasteiger partial charge in [0.25, 0.3) is 0 Å². The van der Waals surface area contributed by atoms with Crippen molar-refractivity contribution < 1.29 is 27.5 Å². The second kappa shape index (κ2) is 6.13. The molecular formula is C14H10F3N3O3. The fraction of sp³-hybridized carbons (Fsp3) is 0.143. The van der Waals surface area contributed by atoms with Gasteiger partial charge in [-0.2, -0.15) is 0 Å². The molecule has 120 valence electrons. The Balaban J connectivity index is 1.66. The molecule has 0 radical (unpaired) electrons. The van der Waals surface area contributed by atoms with E-state index >= 15 is 0 Å². The number of rotatable bonds is 4. The van der Waals surface area contributed by atoms with Gasteiger partial charge in [-0.25, -0.2) is 15.4 Å². The van der Waals surface area contributed by atoms with E-state index in [1.54, 1.807) is 6.08 Å². The van der Waals surface area contributed by atoms with Gasteiger partial charge in [-0.3, -0.25) is 4.84 Å². The molecule has 0 aliphatic carbocycles. The van der Waals surface area contributed by atoms with Crippen molar-refractivity contribution in [2.24, 2.45) is 0 Å². The fourth-order valence-electron chi connectivity index (χ4n) is 1.87. The standard InChI is InChI=1S/C14H10F3N3O3/c15-14(16,17)22-10-3-1-9(2-4-10)12-5-13(20-23-12)21-11-6-18-8-19-7-11/h1-8,12,20H/t12-/m1/s1. The Morgan fingerprint density at radius 3 is 2.39 bits per heavy atom. The third kappa shape index (κ3) is 4.10. The number of nitrogens with zero attached hydrogens (tertiary/aromatic N) is 2. The highest BCUT2D eigenvalue weighted by molar-refractivity contribution is 5.31. The van der Waals surface area contributed by atoms with Crippen molar-refractivity contribution in [3.05, 3.63) is 60.5 Å². The number of benzene rings is 1. The molecule has 6 nitrogen and oxygen atoms in total. The molecule has 1 aliphatic rings. The van der Waals surface area contributed by atoms with Gasteiger partial charge in [-0.15, -0.1) is 13.2 Å². The third-order valence-corrected chi connectivity index (χ3v) is 2.80. The maximum atomic E-state index is 12.1. The van der Waals surface area contributed by atoms with Gasteiger partial charge in [0.2, 0.25) is 5.88 Å². The number of nitrogens with one attached hydrogen (secondary N) is 1. The molecule has 1 aromatic carbocycles. The molecule has 0 spiro atoms. The minimum Gasteiger partial charge on any atom is -0.436 e. The molecule has 0 unspecified atom stereocenters. The van der Waals surface area contributed by atoms with Crippen LogP contribution in [-0.4, -0.2) is 16.3 Å². The van der Waals surface area contributed by atoms with Crippen LogP contribution in [-0.2, 0) is 4.84 Å². The van der Waals surface area contributed by atoms with E-state index in [9.17, 15) is 13.2 Å². The van der Waals surface area contributed by atoms with Crippen molar-refractivity contribution in [1.29, 1.82) is 0 Å². The Kier molecular flexibility index (Phi) is 4.02. The van der Waals surface area contributed by atoms with Gasteiger partial charge in [0.1, 0.15) is 18.2 Å². The predicted molar refractivity (Wildman–Crippen MR) is 70.8 cm³/mol. The summed E-state index contributed by atoms with van der Waals surface area (Å²) in [5.41, 5.74) is 3.21. The maximum absolute atomic E-state index is 12.1. The van der Waals surface area contributed by atoms with Crippen LogP contribution in [0.2, 0.25) is 0 Å². The quantitative estimate of drug-likeness (QED) is 0.932. The van der Waals surface area contributed by atoms with Crippen LogP contribution in [0.5, 0.6) is 11.5 Å². The molecule has 1 N–H and O–H groups in total. The lowest BCUT2D eigenvalue weighted by Crippen LogP contribution is -2.17. The minimum absolute atomic E-state index is 0.297. The molecule has 2 heterocycles. The van der Waals surface area contributed by atoms with E-state index in [0.29, 0.717) is 17.2 Å². The van der Waals surface area contributed by atoms with Crippen molar-refractivity contribution in [3.63, 3.8) is 0 Å². The van der Waals surface area contributed by atoms with Gasteiger partial charge in [0.15, 0.2) is 5.75 Å². The van der Waals surface area contributed by atoms with Gasteiger partial charge in [0, 0.05) is 6.08 Å². The molecule has 2 aromatic rings. The summed E-state index contributed by atoms with van der Waals surface area (Å²) < 4.78 is 45.6. The monoisotopic (exact) mass is 325 g/mol. The number of halogens is 3. The Hall–Kier alpha value is -2.81. The van der Waals surface area contributed by atoms with Crippen LogP contribution in [0.15, 0.2) is 54.9 Å². The maximum Gasteiger partial charge on any atom is 0.573 e. The van der Waals surface area contributed by atoms with Crippen LogP contribution in [0.1, 0.15) is 11.7 Å². The summed E-state index contributed by atoms with van der Waals surface area (Å²) in [6, 6.07) is 5.37. The van der Waals surface area contributed by atoms with Gasteiger partial charge in [0.05, 0.1) is 12.4 Å². The lowest BCUT2D eigenvalue weighted by Gasteiger charge is -2.11. The van der Waals surface area contributed by atoms with Crippen molar-refractivity contribution in [2.75, 3.05) is 0 Å².